The van der Waals surface area contributed by atoms with E-state index in [0.717, 1.165) is 5.82 Å². The molecule has 19 heavy (non-hydrogen) atoms. The van der Waals surface area contributed by atoms with Crippen molar-refractivity contribution in [1.82, 2.24) is 9.55 Å². The number of nitro benzene ring substituents is 1. The van der Waals surface area contributed by atoms with Gasteiger partial charge in [0, 0.05) is 30.6 Å². The number of carbonyl (C=O) groups is 1. The number of aromatic carboxylic acids is 1. The summed E-state index contributed by atoms with van der Waals surface area (Å²) >= 11 is 0. The van der Waals surface area contributed by atoms with Crippen LogP contribution in [0.25, 0.3) is 5.69 Å². The highest BCUT2D eigenvalue weighted by Crippen LogP contribution is 2.22. The van der Waals surface area contributed by atoms with Gasteiger partial charge in [0.05, 0.1) is 4.92 Å². The molecule has 1 aromatic heterocycles. The number of aryl methyl sites for hydroxylation is 1. The minimum Gasteiger partial charge on any atom is -0.477 e. The first-order valence-electron chi connectivity index (χ1n) is 5.59. The molecule has 1 N–H and O–H groups in total. The van der Waals surface area contributed by atoms with Gasteiger partial charge in [0.2, 0.25) is 0 Å². The highest BCUT2D eigenvalue weighted by molar-refractivity contribution is 5.93. The van der Waals surface area contributed by atoms with Crippen molar-refractivity contribution in [2.24, 2.45) is 0 Å². The Balaban J connectivity index is 2.58. The van der Waals surface area contributed by atoms with Gasteiger partial charge in [-0.25, -0.2) is 9.78 Å². The van der Waals surface area contributed by atoms with Crippen LogP contribution in [0.1, 0.15) is 23.1 Å². The van der Waals surface area contributed by atoms with Crippen LogP contribution in [0.2, 0.25) is 0 Å². The van der Waals surface area contributed by atoms with E-state index in [4.69, 9.17) is 5.11 Å². The number of imidazole rings is 1. The van der Waals surface area contributed by atoms with E-state index in [0.29, 0.717) is 12.1 Å². The molecule has 0 bridgehead atoms. The molecule has 1 heterocycles. The molecule has 0 spiro atoms. The molecule has 0 unspecified atom stereocenters. The second-order valence-electron chi connectivity index (χ2n) is 3.83. The standard InChI is InChI=1S/C12H11N3O4/c1-2-11-13-5-6-14(11)8-3-4-10(15(18)19)9(7-8)12(16)17/h3-7H,2H2,1H3,(H,16,17). The lowest BCUT2D eigenvalue weighted by Gasteiger charge is -2.07. The van der Waals surface area contributed by atoms with E-state index in [1.807, 2.05) is 6.92 Å². The number of benzene rings is 1. The van der Waals surface area contributed by atoms with Crippen molar-refractivity contribution in [3.05, 3.63) is 52.1 Å². The molecule has 98 valence electrons. The quantitative estimate of drug-likeness (QED) is 0.670. The third kappa shape index (κ3) is 2.30. The highest BCUT2D eigenvalue weighted by Gasteiger charge is 2.20. The maximum Gasteiger partial charge on any atom is 0.342 e. The number of hydrogen-bond acceptors (Lipinski definition) is 4. The second-order valence-corrected chi connectivity index (χ2v) is 3.83. The number of aromatic nitrogens is 2. The molecule has 0 aliphatic carbocycles. The molecule has 0 saturated heterocycles. The van der Waals surface area contributed by atoms with Crippen molar-refractivity contribution in [3.63, 3.8) is 0 Å². The van der Waals surface area contributed by atoms with Gasteiger partial charge in [0.15, 0.2) is 0 Å². The molecule has 2 aromatic rings. The van der Waals surface area contributed by atoms with Crippen LogP contribution in [0.15, 0.2) is 30.6 Å². The summed E-state index contributed by atoms with van der Waals surface area (Å²) in [7, 11) is 0. The van der Waals surface area contributed by atoms with E-state index < -0.39 is 16.6 Å². The summed E-state index contributed by atoms with van der Waals surface area (Å²) in [4.78, 5) is 25.3. The molecule has 0 aliphatic heterocycles. The monoisotopic (exact) mass is 261 g/mol. The molecule has 7 nitrogen and oxygen atoms in total. The van der Waals surface area contributed by atoms with Gasteiger partial charge in [-0.1, -0.05) is 6.92 Å². The summed E-state index contributed by atoms with van der Waals surface area (Å²) in [5, 5.41) is 19.8. The van der Waals surface area contributed by atoms with Gasteiger partial charge in [0.25, 0.3) is 5.69 Å². The summed E-state index contributed by atoms with van der Waals surface area (Å²) in [5.41, 5.74) is -0.218. The van der Waals surface area contributed by atoms with Gasteiger partial charge in [-0.05, 0) is 12.1 Å². The van der Waals surface area contributed by atoms with Crippen molar-refractivity contribution >= 4 is 11.7 Å². The van der Waals surface area contributed by atoms with Crippen LogP contribution in [0.5, 0.6) is 0 Å². The van der Waals surface area contributed by atoms with Crippen LogP contribution in [0, 0.1) is 10.1 Å². The fourth-order valence-electron chi connectivity index (χ4n) is 1.84. The Morgan fingerprint density at radius 3 is 2.84 bits per heavy atom. The predicted molar refractivity (Wildman–Crippen MR) is 66.6 cm³/mol. The summed E-state index contributed by atoms with van der Waals surface area (Å²) in [6.45, 7) is 1.92. The lowest BCUT2D eigenvalue weighted by molar-refractivity contribution is -0.385. The first-order valence-corrected chi connectivity index (χ1v) is 5.59. The van der Waals surface area contributed by atoms with E-state index in [-0.39, 0.29) is 5.56 Å². The number of nitrogens with zero attached hydrogens (tertiary/aromatic N) is 3. The molecule has 0 radical (unpaired) electrons. The zero-order valence-electron chi connectivity index (χ0n) is 10.1. The molecule has 2 rings (SSSR count). The fourth-order valence-corrected chi connectivity index (χ4v) is 1.84. The van der Waals surface area contributed by atoms with Crippen LogP contribution in [-0.2, 0) is 6.42 Å². The van der Waals surface area contributed by atoms with E-state index >= 15 is 0 Å². The second kappa shape index (κ2) is 4.89. The highest BCUT2D eigenvalue weighted by atomic mass is 16.6. The number of rotatable bonds is 4. The molecular weight excluding hydrogens is 250 g/mol. The van der Waals surface area contributed by atoms with Crippen LogP contribution in [0.3, 0.4) is 0 Å². The van der Waals surface area contributed by atoms with Crippen LogP contribution >= 0.6 is 0 Å². The minimum absolute atomic E-state index is 0.335. The van der Waals surface area contributed by atoms with E-state index in [9.17, 15) is 14.9 Å². The third-order valence-electron chi connectivity index (χ3n) is 2.72. The smallest absolute Gasteiger partial charge is 0.342 e. The molecule has 7 heteroatoms. The van der Waals surface area contributed by atoms with Crippen LogP contribution in [0.4, 0.5) is 5.69 Å². The Morgan fingerprint density at radius 1 is 1.53 bits per heavy atom. The zero-order valence-corrected chi connectivity index (χ0v) is 10.1. The van der Waals surface area contributed by atoms with Gasteiger partial charge >= 0.3 is 5.97 Å². The van der Waals surface area contributed by atoms with Crippen LogP contribution in [-0.4, -0.2) is 25.6 Å². The molecule has 0 aliphatic rings. The number of nitro groups is 1. The summed E-state index contributed by atoms with van der Waals surface area (Å²) in [6, 6.07) is 3.98. The Hall–Kier alpha value is -2.70. The average molecular weight is 261 g/mol. The van der Waals surface area contributed by atoms with Gasteiger partial charge < -0.3 is 9.67 Å². The molecule has 0 amide bonds. The predicted octanol–water partition coefficient (Wildman–Crippen LogP) is 2.04. The van der Waals surface area contributed by atoms with Crippen molar-refractivity contribution in [3.8, 4) is 5.69 Å². The minimum atomic E-state index is -1.33. The number of carboxylic acid groups (broad SMARTS) is 1. The molecule has 0 atom stereocenters. The summed E-state index contributed by atoms with van der Waals surface area (Å²) < 4.78 is 1.70. The van der Waals surface area contributed by atoms with Gasteiger partial charge in [-0.2, -0.15) is 0 Å². The Bertz CT molecular complexity index is 648. The van der Waals surface area contributed by atoms with E-state index in [1.165, 1.54) is 18.2 Å². The van der Waals surface area contributed by atoms with E-state index in [1.54, 1.807) is 17.0 Å². The number of carboxylic acids is 1. The zero-order chi connectivity index (χ0) is 14.0. The number of hydrogen-bond donors (Lipinski definition) is 1. The maximum absolute atomic E-state index is 11.1. The summed E-state index contributed by atoms with van der Waals surface area (Å²) in [5.74, 6) is -0.572. The van der Waals surface area contributed by atoms with E-state index in [2.05, 4.69) is 4.98 Å². The topological polar surface area (TPSA) is 98.3 Å². The lowest BCUT2D eigenvalue weighted by atomic mass is 10.1. The van der Waals surface area contributed by atoms with Gasteiger partial charge in [0.1, 0.15) is 11.4 Å². The average Bonchev–Trinajstić information content (AvgIpc) is 2.86. The van der Waals surface area contributed by atoms with Crippen molar-refractivity contribution in [2.75, 3.05) is 0 Å². The maximum atomic E-state index is 11.1. The first kappa shape index (κ1) is 12.7. The Kier molecular flexibility index (Phi) is 3.28. The summed E-state index contributed by atoms with van der Waals surface area (Å²) in [6.07, 6.45) is 3.96. The molecule has 0 saturated carbocycles. The molecular formula is C12H11N3O4. The normalized spacial score (nSPS) is 10.4. The largest absolute Gasteiger partial charge is 0.477 e. The Morgan fingerprint density at radius 2 is 2.26 bits per heavy atom. The van der Waals surface area contributed by atoms with Crippen molar-refractivity contribution in [2.45, 2.75) is 13.3 Å². The van der Waals surface area contributed by atoms with Gasteiger partial charge in [-0.3, -0.25) is 10.1 Å². The lowest BCUT2D eigenvalue weighted by Crippen LogP contribution is -2.06. The van der Waals surface area contributed by atoms with Crippen molar-refractivity contribution < 1.29 is 14.8 Å². The van der Waals surface area contributed by atoms with Crippen LogP contribution < -0.4 is 0 Å². The third-order valence-corrected chi connectivity index (χ3v) is 2.72. The molecule has 0 fully saturated rings. The first-order chi connectivity index (χ1) is 9.04. The van der Waals surface area contributed by atoms with Gasteiger partial charge in [-0.15, -0.1) is 0 Å². The van der Waals surface area contributed by atoms with Crippen molar-refractivity contribution in [1.29, 1.82) is 0 Å². The Labute approximate surface area is 108 Å². The molecule has 1 aromatic carbocycles. The fraction of sp³-hybridized carbons (Fsp3) is 0.167. The SMILES string of the molecule is CCc1nccn1-c1ccc([N+](=O)[O-])c(C(=O)O)c1.